The molecule has 6 nitrogen and oxygen atoms in total. The van der Waals surface area contributed by atoms with Gasteiger partial charge in [0.2, 0.25) is 0 Å². The van der Waals surface area contributed by atoms with Gasteiger partial charge in [-0.15, -0.1) is 0 Å². The quantitative estimate of drug-likeness (QED) is 0.702. The molecule has 0 unspecified atom stereocenters. The normalized spacial score (nSPS) is 10.1. The lowest BCUT2D eigenvalue weighted by molar-refractivity contribution is -0.131. The summed E-state index contributed by atoms with van der Waals surface area (Å²) in [6.45, 7) is 0. The maximum absolute atomic E-state index is 13.1. The van der Waals surface area contributed by atoms with Crippen LogP contribution in [-0.4, -0.2) is 23.0 Å². The number of imide groups is 1. The largest absolute Gasteiger partial charge is 0.478 e. The van der Waals surface area contributed by atoms with E-state index in [4.69, 9.17) is 5.11 Å². The number of nitrogens with one attached hydrogen (secondary N) is 2. The maximum Gasteiger partial charge on any atom is 0.328 e. The molecule has 94 valence electrons. The van der Waals surface area contributed by atoms with Crippen LogP contribution in [0.1, 0.15) is 0 Å². The van der Waals surface area contributed by atoms with Crippen molar-refractivity contribution in [3.8, 4) is 0 Å². The first-order valence-electron chi connectivity index (χ1n) is 4.76. The number of carboxylic acid groups (broad SMARTS) is 1. The Morgan fingerprint density at radius 2 is 1.83 bits per heavy atom. The molecule has 0 saturated carbocycles. The molecule has 1 aromatic carbocycles. The third-order valence-corrected chi connectivity index (χ3v) is 1.74. The van der Waals surface area contributed by atoms with E-state index < -0.39 is 23.7 Å². The Hall–Kier alpha value is -2.70. The van der Waals surface area contributed by atoms with Crippen LogP contribution in [0.15, 0.2) is 36.4 Å². The number of rotatable bonds is 3. The predicted octanol–water partition coefficient (Wildman–Crippen LogP) is 1.11. The van der Waals surface area contributed by atoms with Crippen molar-refractivity contribution in [3.63, 3.8) is 0 Å². The van der Waals surface area contributed by atoms with E-state index in [0.717, 1.165) is 6.07 Å². The third kappa shape index (κ3) is 4.44. The smallest absolute Gasteiger partial charge is 0.328 e. The molecule has 18 heavy (non-hydrogen) atoms. The highest BCUT2D eigenvalue weighted by atomic mass is 19.1. The van der Waals surface area contributed by atoms with Gasteiger partial charge in [0.1, 0.15) is 5.82 Å². The standard InChI is InChI=1S/C11H9FN2O4/c12-7-3-1-2-4-8(7)13-11(18)14-9(15)5-6-10(16)17/h1-6H,(H,16,17)(H2,13,14,15,18)/b6-5+. The van der Waals surface area contributed by atoms with Gasteiger partial charge in [0.15, 0.2) is 0 Å². The van der Waals surface area contributed by atoms with Crippen LogP contribution >= 0.6 is 0 Å². The Kier molecular flexibility index (Phi) is 4.56. The molecular weight excluding hydrogens is 243 g/mol. The summed E-state index contributed by atoms with van der Waals surface area (Å²) in [6.07, 6.45) is 1.25. The summed E-state index contributed by atoms with van der Waals surface area (Å²) in [5.41, 5.74) is -0.0926. The van der Waals surface area contributed by atoms with E-state index in [9.17, 15) is 18.8 Å². The van der Waals surface area contributed by atoms with Gasteiger partial charge >= 0.3 is 12.0 Å². The van der Waals surface area contributed by atoms with Crippen molar-refractivity contribution in [2.45, 2.75) is 0 Å². The van der Waals surface area contributed by atoms with Crippen LogP contribution in [0.25, 0.3) is 0 Å². The van der Waals surface area contributed by atoms with Crippen molar-refractivity contribution in [1.29, 1.82) is 0 Å². The highest BCUT2D eigenvalue weighted by molar-refractivity contribution is 6.06. The zero-order chi connectivity index (χ0) is 13.5. The van der Waals surface area contributed by atoms with Crippen molar-refractivity contribution in [1.82, 2.24) is 5.32 Å². The van der Waals surface area contributed by atoms with E-state index in [-0.39, 0.29) is 5.69 Å². The third-order valence-electron chi connectivity index (χ3n) is 1.74. The number of carboxylic acids is 1. The van der Waals surface area contributed by atoms with Gasteiger partial charge in [-0.2, -0.15) is 0 Å². The van der Waals surface area contributed by atoms with E-state index in [1.165, 1.54) is 18.2 Å². The van der Waals surface area contributed by atoms with Crippen molar-refractivity contribution < 1.29 is 23.9 Å². The molecule has 0 heterocycles. The van der Waals surface area contributed by atoms with Crippen LogP contribution < -0.4 is 10.6 Å². The van der Waals surface area contributed by atoms with Crippen LogP contribution in [0.2, 0.25) is 0 Å². The van der Waals surface area contributed by atoms with Crippen molar-refractivity contribution in [2.24, 2.45) is 0 Å². The number of amides is 3. The molecule has 0 aliphatic rings. The van der Waals surface area contributed by atoms with Crippen LogP contribution in [0.4, 0.5) is 14.9 Å². The molecule has 0 saturated heterocycles. The van der Waals surface area contributed by atoms with Crippen molar-refractivity contribution >= 4 is 23.6 Å². The zero-order valence-electron chi connectivity index (χ0n) is 9.01. The Morgan fingerprint density at radius 3 is 2.44 bits per heavy atom. The number of hydrogen-bond donors (Lipinski definition) is 3. The average molecular weight is 252 g/mol. The SMILES string of the molecule is O=C(O)/C=C/C(=O)NC(=O)Nc1ccccc1F. The Balaban J connectivity index is 2.55. The van der Waals surface area contributed by atoms with Gasteiger partial charge in [0.05, 0.1) is 5.69 Å². The molecule has 7 heteroatoms. The summed E-state index contributed by atoms with van der Waals surface area (Å²) in [5.74, 6) is -2.90. The molecule has 0 aliphatic carbocycles. The lowest BCUT2D eigenvalue weighted by Crippen LogP contribution is -2.33. The van der Waals surface area contributed by atoms with Crippen LogP contribution in [0.3, 0.4) is 0 Å². The number of anilines is 1. The molecule has 0 fully saturated rings. The number of urea groups is 1. The summed E-state index contributed by atoms with van der Waals surface area (Å²) < 4.78 is 13.1. The maximum atomic E-state index is 13.1. The van der Waals surface area contributed by atoms with Gasteiger partial charge in [-0.1, -0.05) is 12.1 Å². The zero-order valence-corrected chi connectivity index (χ0v) is 9.01. The van der Waals surface area contributed by atoms with Gasteiger partial charge in [-0.25, -0.2) is 14.0 Å². The van der Waals surface area contributed by atoms with Gasteiger partial charge in [0.25, 0.3) is 5.91 Å². The number of para-hydroxylation sites is 1. The number of carbonyl (C=O) groups is 3. The fraction of sp³-hybridized carbons (Fsp3) is 0. The summed E-state index contributed by atoms with van der Waals surface area (Å²) in [5, 5.41) is 12.2. The second-order valence-corrected chi connectivity index (χ2v) is 3.09. The summed E-state index contributed by atoms with van der Waals surface area (Å²) in [6, 6.07) is 4.44. The van der Waals surface area contributed by atoms with E-state index in [2.05, 4.69) is 5.32 Å². The molecule has 1 rings (SSSR count). The van der Waals surface area contributed by atoms with Crippen LogP contribution in [0.5, 0.6) is 0 Å². The van der Waals surface area contributed by atoms with Crippen LogP contribution in [0, 0.1) is 5.82 Å². The number of carbonyl (C=O) groups excluding carboxylic acids is 2. The second kappa shape index (κ2) is 6.14. The summed E-state index contributed by atoms with van der Waals surface area (Å²) in [7, 11) is 0. The highest BCUT2D eigenvalue weighted by Crippen LogP contribution is 2.11. The predicted molar refractivity (Wildman–Crippen MR) is 60.3 cm³/mol. The summed E-state index contributed by atoms with van der Waals surface area (Å²) in [4.78, 5) is 32.4. The van der Waals surface area contributed by atoms with Gasteiger partial charge < -0.3 is 10.4 Å². The monoisotopic (exact) mass is 252 g/mol. The van der Waals surface area contributed by atoms with Gasteiger partial charge in [0, 0.05) is 12.2 Å². The topological polar surface area (TPSA) is 95.5 Å². The van der Waals surface area contributed by atoms with Crippen molar-refractivity contribution in [3.05, 3.63) is 42.2 Å². The molecule has 0 radical (unpaired) electrons. The molecule has 0 aromatic heterocycles. The second-order valence-electron chi connectivity index (χ2n) is 3.09. The molecular formula is C11H9FN2O4. The van der Waals surface area contributed by atoms with Gasteiger partial charge in [-0.3, -0.25) is 10.1 Å². The molecule has 3 N–H and O–H groups in total. The Morgan fingerprint density at radius 1 is 1.17 bits per heavy atom. The Bertz CT molecular complexity index is 514. The first-order valence-corrected chi connectivity index (χ1v) is 4.76. The van der Waals surface area contributed by atoms with E-state index >= 15 is 0 Å². The first kappa shape index (κ1) is 13.4. The lowest BCUT2D eigenvalue weighted by atomic mass is 10.3. The fourth-order valence-corrected chi connectivity index (χ4v) is 1.02. The van der Waals surface area contributed by atoms with E-state index in [1.54, 1.807) is 5.32 Å². The molecule has 0 bridgehead atoms. The number of hydrogen-bond acceptors (Lipinski definition) is 3. The number of benzene rings is 1. The average Bonchev–Trinajstić information content (AvgIpc) is 2.29. The minimum Gasteiger partial charge on any atom is -0.478 e. The van der Waals surface area contributed by atoms with Crippen molar-refractivity contribution in [2.75, 3.05) is 5.32 Å². The highest BCUT2D eigenvalue weighted by Gasteiger charge is 2.08. The Labute approximate surface area is 101 Å². The van der Waals surface area contributed by atoms with Crippen LogP contribution in [-0.2, 0) is 9.59 Å². The number of aliphatic carboxylic acids is 1. The minimum atomic E-state index is -1.32. The van der Waals surface area contributed by atoms with Gasteiger partial charge in [-0.05, 0) is 12.1 Å². The molecule has 1 aromatic rings. The number of halogens is 1. The molecule has 0 spiro atoms. The molecule has 3 amide bonds. The minimum absolute atomic E-state index is 0.0926. The van der Waals surface area contributed by atoms with E-state index in [1.807, 2.05) is 0 Å². The fourth-order valence-electron chi connectivity index (χ4n) is 1.02. The molecule has 0 atom stereocenters. The lowest BCUT2D eigenvalue weighted by Gasteiger charge is -2.05. The molecule has 0 aliphatic heterocycles. The summed E-state index contributed by atoms with van der Waals surface area (Å²) >= 11 is 0. The first-order chi connectivity index (χ1) is 8.49. The van der Waals surface area contributed by atoms with E-state index in [0.29, 0.717) is 12.2 Å².